The summed E-state index contributed by atoms with van der Waals surface area (Å²) in [4.78, 5) is 6.03. The Balaban J connectivity index is 1.32. The largest absolute Gasteiger partial charge is 0.295 e. The smallest absolute Gasteiger partial charge is 0.279 e. The molecule has 1 N–H and O–H groups in total. The fourth-order valence-electron chi connectivity index (χ4n) is 5.52. The Labute approximate surface area is 253 Å². The highest BCUT2D eigenvalue weighted by molar-refractivity contribution is 7.90. The molecule has 0 amide bonds. The lowest BCUT2D eigenvalue weighted by Crippen LogP contribution is -2.41. The zero-order valence-electron chi connectivity index (χ0n) is 24.1. The number of para-hydroxylation sites is 1. The molecule has 9 nitrogen and oxygen atoms in total. The predicted octanol–water partition coefficient (Wildman–Crippen LogP) is 4.91. The summed E-state index contributed by atoms with van der Waals surface area (Å²) >= 11 is 0. The maximum atomic E-state index is 14.6. The second-order valence-electron chi connectivity index (χ2n) is 10.9. The molecule has 12 heteroatoms. The van der Waals surface area contributed by atoms with Crippen molar-refractivity contribution in [3.8, 4) is 0 Å². The Kier molecular flexibility index (Phi) is 10.2. The van der Waals surface area contributed by atoms with E-state index in [1.807, 2.05) is 17.0 Å². The van der Waals surface area contributed by atoms with E-state index in [4.69, 9.17) is 0 Å². The first-order valence-corrected chi connectivity index (χ1v) is 17.6. The maximum Gasteiger partial charge on any atom is 0.279 e. The SMILES string of the molecule is O=S(=O)(NCCCCN(Cc1cccnc1F)Cc1cn(S(=O)(=O)c2ccccc2)c2ccccc12)N1CCCCCC1. The monoisotopic (exact) mass is 627 g/mol. The second kappa shape index (κ2) is 14.1. The van der Waals surface area contributed by atoms with Crippen LogP contribution in [-0.4, -0.2) is 61.2 Å². The molecule has 1 aliphatic heterocycles. The molecule has 0 saturated carbocycles. The van der Waals surface area contributed by atoms with Crippen LogP contribution in [0.1, 0.15) is 49.7 Å². The highest BCUT2D eigenvalue weighted by Gasteiger charge is 2.24. The first-order chi connectivity index (χ1) is 20.8. The fourth-order valence-corrected chi connectivity index (χ4v) is 8.25. The molecule has 2 aromatic heterocycles. The molecule has 1 aliphatic rings. The zero-order valence-corrected chi connectivity index (χ0v) is 25.7. The maximum absolute atomic E-state index is 14.6. The molecule has 0 unspecified atom stereocenters. The Morgan fingerprint density at radius 1 is 0.814 bits per heavy atom. The van der Waals surface area contributed by atoms with Crippen LogP contribution in [0.15, 0.2) is 84.0 Å². The number of pyridine rings is 1. The van der Waals surface area contributed by atoms with Crippen molar-refractivity contribution in [2.45, 2.75) is 56.5 Å². The van der Waals surface area contributed by atoms with Gasteiger partial charge in [0.05, 0.1) is 10.4 Å². The van der Waals surface area contributed by atoms with Crippen LogP contribution >= 0.6 is 0 Å². The van der Waals surface area contributed by atoms with Crippen LogP contribution in [0.5, 0.6) is 0 Å². The highest BCUT2D eigenvalue weighted by Crippen LogP contribution is 2.27. The lowest BCUT2D eigenvalue weighted by Gasteiger charge is -2.23. The molecule has 230 valence electrons. The molecule has 3 heterocycles. The van der Waals surface area contributed by atoms with Gasteiger partial charge in [-0.15, -0.1) is 0 Å². The normalized spacial score (nSPS) is 15.2. The van der Waals surface area contributed by atoms with Crippen molar-refractivity contribution in [2.24, 2.45) is 0 Å². The molecule has 1 fully saturated rings. The average Bonchev–Trinajstić information content (AvgIpc) is 3.16. The Hall–Kier alpha value is -3.16. The number of unbranched alkanes of at least 4 members (excludes halogenated alkanes) is 1. The number of benzene rings is 2. The van der Waals surface area contributed by atoms with Crippen LogP contribution in [0.25, 0.3) is 10.9 Å². The van der Waals surface area contributed by atoms with E-state index < -0.39 is 26.2 Å². The third-order valence-electron chi connectivity index (χ3n) is 7.78. The second-order valence-corrected chi connectivity index (χ2v) is 14.4. The lowest BCUT2D eigenvalue weighted by atomic mass is 10.1. The minimum Gasteiger partial charge on any atom is -0.295 e. The molecule has 4 aromatic rings. The van der Waals surface area contributed by atoms with Gasteiger partial charge < -0.3 is 0 Å². The Morgan fingerprint density at radius 3 is 2.26 bits per heavy atom. The quantitative estimate of drug-likeness (QED) is 0.167. The number of halogens is 1. The number of aromatic nitrogens is 2. The molecule has 0 atom stereocenters. The van der Waals surface area contributed by atoms with E-state index in [1.165, 1.54) is 14.5 Å². The summed E-state index contributed by atoms with van der Waals surface area (Å²) in [7, 11) is -7.35. The molecule has 0 aliphatic carbocycles. The number of hydrogen-bond acceptors (Lipinski definition) is 6. The first kappa shape index (κ1) is 31.3. The van der Waals surface area contributed by atoms with Gasteiger partial charge >= 0.3 is 0 Å². The molecular formula is C31H38FN5O4S2. The van der Waals surface area contributed by atoms with Gasteiger partial charge in [0.2, 0.25) is 5.95 Å². The van der Waals surface area contributed by atoms with Crippen LogP contribution in [0.3, 0.4) is 0 Å². The third-order valence-corrected chi connectivity index (χ3v) is 11.1. The predicted molar refractivity (Wildman–Crippen MR) is 165 cm³/mol. The van der Waals surface area contributed by atoms with Gasteiger partial charge in [-0.2, -0.15) is 17.1 Å². The van der Waals surface area contributed by atoms with E-state index in [1.54, 1.807) is 60.8 Å². The first-order valence-electron chi connectivity index (χ1n) is 14.7. The number of nitrogens with one attached hydrogen (secondary N) is 1. The van der Waals surface area contributed by atoms with Crippen molar-refractivity contribution in [1.82, 2.24) is 22.9 Å². The van der Waals surface area contributed by atoms with Gasteiger partial charge in [-0.25, -0.2) is 22.1 Å². The van der Waals surface area contributed by atoms with E-state index in [0.29, 0.717) is 56.6 Å². The van der Waals surface area contributed by atoms with E-state index in [-0.39, 0.29) is 11.4 Å². The molecule has 1 saturated heterocycles. The minimum atomic E-state index is -3.84. The van der Waals surface area contributed by atoms with Crippen LogP contribution in [0.2, 0.25) is 0 Å². The molecule has 43 heavy (non-hydrogen) atoms. The Morgan fingerprint density at radius 2 is 1.51 bits per heavy atom. The minimum absolute atomic E-state index is 0.194. The van der Waals surface area contributed by atoms with Gasteiger partial charge in [0.15, 0.2) is 0 Å². The highest BCUT2D eigenvalue weighted by atomic mass is 32.2. The van der Waals surface area contributed by atoms with Crippen LogP contribution in [0, 0.1) is 5.95 Å². The number of rotatable bonds is 13. The van der Waals surface area contributed by atoms with Gasteiger partial charge in [-0.3, -0.25) is 4.90 Å². The van der Waals surface area contributed by atoms with E-state index in [0.717, 1.165) is 36.6 Å². The average molecular weight is 628 g/mol. The standard InChI is InChI=1S/C31H38FN5O4S2/c32-31-26(13-12-18-33-31)23-35(20-11-8-19-34-43(40,41)36-21-9-1-2-10-22-36)24-27-25-37(30-17-7-6-16-29(27)30)42(38,39)28-14-4-3-5-15-28/h3-7,12-18,25,34H,1-2,8-11,19-24H2. The topological polar surface area (TPSA) is 105 Å². The van der Waals surface area contributed by atoms with Gasteiger partial charge in [0.25, 0.3) is 20.2 Å². The van der Waals surface area contributed by atoms with Crippen LogP contribution < -0.4 is 4.72 Å². The van der Waals surface area contributed by atoms with Crippen molar-refractivity contribution < 1.29 is 21.2 Å². The van der Waals surface area contributed by atoms with Gasteiger partial charge in [-0.05, 0) is 62.1 Å². The zero-order chi connectivity index (χ0) is 30.3. The van der Waals surface area contributed by atoms with Crippen molar-refractivity contribution in [1.29, 1.82) is 0 Å². The molecule has 0 spiro atoms. The summed E-state index contributed by atoms with van der Waals surface area (Å²) in [5.74, 6) is -0.549. The Bertz CT molecular complexity index is 1720. The molecule has 2 aromatic carbocycles. The molecule has 0 radical (unpaired) electrons. The summed E-state index contributed by atoms with van der Waals surface area (Å²) in [6.45, 7) is 2.59. The summed E-state index contributed by atoms with van der Waals surface area (Å²) in [6, 6.07) is 19.0. The number of hydrogen-bond donors (Lipinski definition) is 1. The van der Waals surface area contributed by atoms with Gasteiger partial charge in [0, 0.05) is 56.1 Å². The van der Waals surface area contributed by atoms with E-state index in [2.05, 4.69) is 9.71 Å². The summed E-state index contributed by atoms with van der Waals surface area (Å²) < 4.78 is 72.8. The lowest BCUT2D eigenvalue weighted by molar-refractivity contribution is 0.247. The van der Waals surface area contributed by atoms with Gasteiger partial charge in [0.1, 0.15) is 0 Å². The summed E-state index contributed by atoms with van der Waals surface area (Å²) in [6.07, 6.45) is 8.17. The number of nitrogens with zero attached hydrogens (tertiary/aromatic N) is 4. The van der Waals surface area contributed by atoms with E-state index in [9.17, 15) is 21.2 Å². The number of fused-ring (bicyclic) bond motifs is 1. The molecule has 5 rings (SSSR count). The van der Waals surface area contributed by atoms with Gasteiger partial charge in [-0.1, -0.05) is 55.3 Å². The van der Waals surface area contributed by atoms with Crippen LogP contribution in [-0.2, 0) is 33.3 Å². The van der Waals surface area contributed by atoms with Crippen molar-refractivity contribution in [2.75, 3.05) is 26.2 Å². The van der Waals surface area contributed by atoms with Crippen molar-refractivity contribution >= 4 is 31.1 Å². The molecule has 0 bridgehead atoms. The van der Waals surface area contributed by atoms with E-state index >= 15 is 0 Å². The van der Waals surface area contributed by atoms with Crippen molar-refractivity contribution in [3.05, 3.63) is 96.2 Å². The van der Waals surface area contributed by atoms with Crippen molar-refractivity contribution in [3.63, 3.8) is 0 Å². The summed E-state index contributed by atoms with van der Waals surface area (Å²) in [5.41, 5.74) is 1.79. The third kappa shape index (κ3) is 7.68. The van der Waals surface area contributed by atoms with Crippen LogP contribution in [0.4, 0.5) is 4.39 Å². The summed E-state index contributed by atoms with van der Waals surface area (Å²) in [5, 5.41) is 0.795. The fraction of sp³-hybridized carbons (Fsp3) is 0.387. The molecular weight excluding hydrogens is 590 g/mol.